The zero-order chi connectivity index (χ0) is 14.8. The standard InChI is InChI=1S/C15H19FN4/c1-4-5-12-18-13(20-14(17)19-12)15(2,3)10-6-8-11(16)9-7-10/h6-9H,4-5H2,1-3H3,(H2,17,18,19,20). The minimum atomic E-state index is -0.451. The maximum atomic E-state index is 13.0. The second kappa shape index (κ2) is 5.53. The molecule has 20 heavy (non-hydrogen) atoms. The Kier molecular flexibility index (Phi) is 3.97. The fraction of sp³-hybridized carbons (Fsp3) is 0.400. The Hall–Kier alpha value is -2.04. The third-order valence-electron chi connectivity index (χ3n) is 3.30. The summed E-state index contributed by atoms with van der Waals surface area (Å²) in [7, 11) is 0. The summed E-state index contributed by atoms with van der Waals surface area (Å²) in [6, 6.07) is 6.37. The van der Waals surface area contributed by atoms with Crippen LogP contribution in [0, 0.1) is 5.82 Å². The van der Waals surface area contributed by atoms with Crippen molar-refractivity contribution in [3.63, 3.8) is 0 Å². The average molecular weight is 274 g/mol. The molecule has 2 aromatic rings. The van der Waals surface area contributed by atoms with Crippen molar-refractivity contribution < 1.29 is 4.39 Å². The van der Waals surface area contributed by atoms with Gasteiger partial charge in [0.1, 0.15) is 17.5 Å². The van der Waals surface area contributed by atoms with Crippen molar-refractivity contribution in [1.29, 1.82) is 0 Å². The molecule has 2 rings (SSSR count). The van der Waals surface area contributed by atoms with Crippen molar-refractivity contribution in [1.82, 2.24) is 15.0 Å². The van der Waals surface area contributed by atoms with Crippen molar-refractivity contribution in [2.75, 3.05) is 5.73 Å². The normalized spacial score (nSPS) is 11.6. The number of benzene rings is 1. The van der Waals surface area contributed by atoms with Crippen molar-refractivity contribution >= 4 is 5.95 Å². The Labute approximate surface area is 118 Å². The zero-order valence-corrected chi connectivity index (χ0v) is 12.0. The third-order valence-corrected chi connectivity index (χ3v) is 3.30. The largest absolute Gasteiger partial charge is 0.368 e. The van der Waals surface area contributed by atoms with E-state index in [9.17, 15) is 4.39 Å². The maximum Gasteiger partial charge on any atom is 0.223 e. The molecule has 0 aliphatic rings. The predicted octanol–water partition coefficient (Wildman–Crippen LogP) is 2.87. The summed E-state index contributed by atoms with van der Waals surface area (Å²) in [6.45, 7) is 6.04. The molecule has 5 heteroatoms. The number of hydrogen-bond donors (Lipinski definition) is 1. The van der Waals surface area contributed by atoms with Crippen LogP contribution in [0.1, 0.15) is 44.4 Å². The minimum absolute atomic E-state index is 0.230. The number of nitrogens with zero attached hydrogens (tertiary/aromatic N) is 3. The van der Waals surface area contributed by atoms with E-state index in [0.717, 1.165) is 18.4 Å². The van der Waals surface area contributed by atoms with Crippen molar-refractivity contribution in [2.24, 2.45) is 0 Å². The molecule has 1 heterocycles. The molecular weight excluding hydrogens is 255 g/mol. The highest BCUT2D eigenvalue weighted by Gasteiger charge is 2.27. The van der Waals surface area contributed by atoms with Crippen LogP contribution in [0.3, 0.4) is 0 Å². The number of nitrogen functional groups attached to an aromatic ring is 1. The van der Waals surface area contributed by atoms with Crippen LogP contribution in [0.4, 0.5) is 10.3 Å². The number of nitrogens with two attached hydrogens (primary N) is 1. The first kappa shape index (κ1) is 14.4. The van der Waals surface area contributed by atoms with E-state index in [1.807, 2.05) is 13.8 Å². The molecule has 0 radical (unpaired) electrons. The fourth-order valence-electron chi connectivity index (χ4n) is 2.05. The van der Waals surface area contributed by atoms with E-state index in [4.69, 9.17) is 5.73 Å². The lowest BCUT2D eigenvalue weighted by Crippen LogP contribution is -2.24. The van der Waals surface area contributed by atoms with Gasteiger partial charge in [-0.25, -0.2) is 9.37 Å². The van der Waals surface area contributed by atoms with Gasteiger partial charge in [-0.05, 0) is 38.0 Å². The van der Waals surface area contributed by atoms with Crippen molar-refractivity contribution in [2.45, 2.75) is 39.0 Å². The van der Waals surface area contributed by atoms with Gasteiger partial charge < -0.3 is 5.73 Å². The second-order valence-corrected chi connectivity index (χ2v) is 5.32. The molecule has 0 spiro atoms. The Morgan fingerprint density at radius 3 is 2.35 bits per heavy atom. The van der Waals surface area contributed by atoms with Crippen LogP contribution in [0.25, 0.3) is 0 Å². The number of anilines is 1. The summed E-state index contributed by atoms with van der Waals surface area (Å²) in [5.74, 6) is 1.28. The summed E-state index contributed by atoms with van der Waals surface area (Å²) in [5.41, 5.74) is 6.25. The van der Waals surface area contributed by atoms with Gasteiger partial charge >= 0.3 is 0 Å². The molecule has 106 valence electrons. The first-order valence-electron chi connectivity index (χ1n) is 6.70. The smallest absolute Gasteiger partial charge is 0.223 e. The molecular formula is C15H19FN4. The van der Waals surface area contributed by atoms with Crippen LogP contribution in [0.2, 0.25) is 0 Å². The summed E-state index contributed by atoms with van der Waals surface area (Å²) in [5, 5.41) is 0. The number of aryl methyl sites for hydroxylation is 1. The molecule has 0 amide bonds. The molecule has 0 saturated carbocycles. The fourth-order valence-corrected chi connectivity index (χ4v) is 2.05. The Bertz CT molecular complexity index is 593. The quantitative estimate of drug-likeness (QED) is 0.931. The van der Waals surface area contributed by atoms with Crippen molar-refractivity contribution in [3.05, 3.63) is 47.3 Å². The minimum Gasteiger partial charge on any atom is -0.368 e. The molecule has 1 aromatic heterocycles. The van der Waals surface area contributed by atoms with Crippen LogP contribution >= 0.6 is 0 Å². The Balaban J connectivity index is 2.45. The van der Waals surface area contributed by atoms with E-state index in [1.54, 1.807) is 12.1 Å². The van der Waals surface area contributed by atoms with Gasteiger partial charge in [0.25, 0.3) is 0 Å². The molecule has 0 fully saturated rings. The van der Waals surface area contributed by atoms with Gasteiger partial charge in [0.15, 0.2) is 0 Å². The third kappa shape index (κ3) is 2.92. The topological polar surface area (TPSA) is 64.7 Å². The second-order valence-electron chi connectivity index (χ2n) is 5.32. The highest BCUT2D eigenvalue weighted by molar-refractivity contribution is 5.32. The molecule has 0 aliphatic heterocycles. The molecule has 4 nitrogen and oxygen atoms in total. The first-order chi connectivity index (χ1) is 9.43. The summed E-state index contributed by atoms with van der Waals surface area (Å²) >= 11 is 0. The molecule has 2 N–H and O–H groups in total. The Morgan fingerprint density at radius 1 is 1.10 bits per heavy atom. The van der Waals surface area contributed by atoms with Gasteiger partial charge in [0.05, 0.1) is 0 Å². The lowest BCUT2D eigenvalue weighted by Gasteiger charge is -2.24. The molecule has 0 saturated heterocycles. The van der Waals surface area contributed by atoms with Crippen LogP contribution < -0.4 is 5.73 Å². The molecule has 0 unspecified atom stereocenters. The van der Waals surface area contributed by atoms with Gasteiger partial charge in [-0.3, -0.25) is 0 Å². The number of halogens is 1. The van der Waals surface area contributed by atoms with E-state index in [-0.39, 0.29) is 11.8 Å². The lowest BCUT2D eigenvalue weighted by atomic mass is 9.84. The van der Waals surface area contributed by atoms with Crippen LogP contribution in [-0.2, 0) is 11.8 Å². The predicted molar refractivity (Wildman–Crippen MR) is 76.8 cm³/mol. The van der Waals surface area contributed by atoms with Crippen LogP contribution in [0.15, 0.2) is 24.3 Å². The Morgan fingerprint density at radius 2 is 1.75 bits per heavy atom. The summed E-state index contributed by atoms with van der Waals surface area (Å²) < 4.78 is 13.0. The van der Waals surface area contributed by atoms with E-state index in [1.165, 1.54) is 12.1 Å². The van der Waals surface area contributed by atoms with Crippen LogP contribution in [0.5, 0.6) is 0 Å². The van der Waals surface area contributed by atoms with E-state index >= 15 is 0 Å². The van der Waals surface area contributed by atoms with E-state index < -0.39 is 5.41 Å². The molecule has 0 bridgehead atoms. The van der Waals surface area contributed by atoms with Gasteiger partial charge in [0, 0.05) is 11.8 Å². The molecule has 0 aliphatic carbocycles. The number of hydrogen-bond acceptors (Lipinski definition) is 4. The van der Waals surface area contributed by atoms with Gasteiger partial charge in [-0.15, -0.1) is 0 Å². The maximum absolute atomic E-state index is 13.0. The van der Waals surface area contributed by atoms with Gasteiger partial charge in [-0.2, -0.15) is 9.97 Å². The average Bonchev–Trinajstić information content (AvgIpc) is 2.39. The lowest BCUT2D eigenvalue weighted by molar-refractivity contribution is 0.573. The van der Waals surface area contributed by atoms with E-state index in [0.29, 0.717) is 11.6 Å². The van der Waals surface area contributed by atoms with Gasteiger partial charge in [0.2, 0.25) is 5.95 Å². The number of rotatable bonds is 4. The van der Waals surface area contributed by atoms with Crippen molar-refractivity contribution in [3.8, 4) is 0 Å². The van der Waals surface area contributed by atoms with Crippen LogP contribution in [-0.4, -0.2) is 15.0 Å². The first-order valence-corrected chi connectivity index (χ1v) is 6.70. The van der Waals surface area contributed by atoms with E-state index in [2.05, 4.69) is 21.9 Å². The highest BCUT2D eigenvalue weighted by atomic mass is 19.1. The highest BCUT2D eigenvalue weighted by Crippen LogP contribution is 2.29. The number of aromatic nitrogens is 3. The summed E-state index contributed by atoms with van der Waals surface area (Å²) in [6.07, 6.45) is 1.71. The van der Waals surface area contributed by atoms with Gasteiger partial charge in [-0.1, -0.05) is 19.1 Å². The molecule has 0 atom stereocenters. The summed E-state index contributed by atoms with van der Waals surface area (Å²) in [4.78, 5) is 12.9. The SMILES string of the molecule is CCCc1nc(N)nc(C(C)(C)c2ccc(F)cc2)n1. The monoisotopic (exact) mass is 274 g/mol. The molecule has 1 aromatic carbocycles. The zero-order valence-electron chi connectivity index (χ0n) is 12.0.